The van der Waals surface area contributed by atoms with Gasteiger partial charge in [0.2, 0.25) is 0 Å². The van der Waals surface area contributed by atoms with E-state index in [1.807, 2.05) is 12.4 Å². The number of aromatic nitrogens is 1. The lowest BCUT2D eigenvalue weighted by atomic mass is 10.1. The maximum Gasteiger partial charge on any atom is 0.0531 e. The van der Waals surface area contributed by atoms with Crippen LogP contribution in [0.3, 0.4) is 0 Å². The number of nitrogens with zero attached hydrogens (tertiary/aromatic N) is 1. The highest BCUT2D eigenvalue weighted by Crippen LogP contribution is 2.12. The van der Waals surface area contributed by atoms with E-state index in [9.17, 15) is 0 Å². The van der Waals surface area contributed by atoms with Crippen molar-refractivity contribution >= 4 is 5.69 Å². The van der Waals surface area contributed by atoms with Crippen molar-refractivity contribution < 1.29 is 0 Å². The van der Waals surface area contributed by atoms with Crippen LogP contribution in [-0.4, -0.2) is 11.0 Å². The van der Waals surface area contributed by atoms with E-state index in [0.717, 1.165) is 11.6 Å². The van der Waals surface area contributed by atoms with E-state index in [0.29, 0.717) is 6.04 Å². The molecule has 0 amide bonds. The van der Waals surface area contributed by atoms with Gasteiger partial charge in [0.1, 0.15) is 0 Å². The molecule has 78 valence electrons. The topological polar surface area (TPSA) is 24.9 Å². The van der Waals surface area contributed by atoms with Gasteiger partial charge in [-0.15, -0.1) is 0 Å². The third-order valence-corrected chi connectivity index (χ3v) is 2.11. The highest BCUT2D eigenvalue weighted by Gasteiger charge is 2.04. The van der Waals surface area contributed by atoms with E-state index >= 15 is 0 Å². The van der Waals surface area contributed by atoms with Crippen LogP contribution < -0.4 is 5.32 Å². The van der Waals surface area contributed by atoms with E-state index in [1.165, 1.54) is 12.0 Å². The first kappa shape index (κ1) is 11.0. The van der Waals surface area contributed by atoms with Gasteiger partial charge in [-0.05, 0) is 37.8 Å². The van der Waals surface area contributed by atoms with Crippen molar-refractivity contribution in [3.63, 3.8) is 0 Å². The summed E-state index contributed by atoms with van der Waals surface area (Å²) in [6.45, 7) is 8.76. The zero-order chi connectivity index (χ0) is 10.6. The minimum atomic E-state index is 0.513. The largest absolute Gasteiger partial charge is 0.381 e. The number of hydrogen-bond donors (Lipinski definition) is 1. The first-order chi connectivity index (χ1) is 6.58. The number of rotatable bonds is 4. The van der Waals surface area contributed by atoms with Gasteiger partial charge in [-0.2, -0.15) is 0 Å². The maximum absolute atomic E-state index is 4.15. The molecule has 0 aromatic carbocycles. The van der Waals surface area contributed by atoms with E-state index in [-0.39, 0.29) is 0 Å². The van der Waals surface area contributed by atoms with Crippen LogP contribution in [0, 0.1) is 12.8 Å². The molecule has 0 saturated heterocycles. The molecule has 1 rings (SSSR count). The van der Waals surface area contributed by atoms with Crippen molar-refractivity contribution in [2.24, 2.45) is 5.92 Å². The van der Waals surface area contributed by atoms with Crippen LogP contribution in [0.5, 0.6) is 0 Å². The summed E-state index contributed by atoms with van der Waals surface area (Å²) in [5, 5.41) is 3.45. The summed E-state index contributed by atoms with van der Waals surface area (Å²) in [7, 11) is 0. The maximum atomic E-state index is 4.15. The Hall–Kier alpha value is -1.05. The Kier molecular flexibility index (Phi) is 3.93. The Morgan fingerprint density at radius 1 is 1.29 bits per heavy atom. The second-order valence-electron chi connectivity index (χ2n) is 4.43. The molecule has 0 aliphatic heterocycles. The molecule has 0 spiro atoms. The highest BCUT2D eigenvalue weighted by atomic mass is 14.9. The molecule has 14 heavy (non-hydrogen) atoms. The summed E-state index contributed by atoms with van der Waals surface area (Å²) in [4.78, 5) is 4.15. The number of hydrogen-bond acceptors (Lipinski definition) is 2. The van der Waals surface area contributed by atoms with Crippen LogP contribution in [0.15, 0.2) is 18.5 Å². The van der Waals surface area contributed by atoms with Gasteiger partial charge in [0.15, 0.2) is 0 Å². The molecule has 2 nitrogen and oxygen atoms in total. The lowest BCUT2D eigenvalue weighted by molar-refractivity contribution is 0.539. The zero-order valence-electron chi connectivity index (χ0n) is 9.54. The van der Waals surface area contributed by atoms with E-state index < -0.39 is 0 Å². The molecule has 0 aliphatic carbocycles. The molecule has 2 heteroatoms. The molecular weight excluding hydrogens is 172 g/mol. The molecule has 1 heterocycles. The van der Waals surface area contributed by atoms with Gasteiger partial charge in [0.25, 0.3) is 0 Å². The standard InChI is InChI=1S/C12H20N2/c1-9(2)5-11(4)14-12-6-10(3)7-13-8-12/h6-9,11,14H,5H2,1-4H3. The number of pyridine rings is 1. The highest BCUT2D eigenvalue weighted by molar-refractivity contribution is 5.43. The molecule has 0 bridgehead atoms. The third-order valence-electron chi connectivity index (χ3n) is 2.11. The Morgan fingerprint density at radius 2 is 2.00 bits per heavy atom. The van der Waals surface area contributed by atoms with Crippen LogP contribution in [0.25, 0.3) is 0 Å². The van der Waals surface area contributed by atoms with Crippen molar-refractivity contribution in [2.75, 3.05) is 5.32 Å². The number of anilines is 1. The molecule has 1 unspecified atom stereocenters. The van der Waals surface area contributed by atoms with Crippen molar-refractivity contribution in [2.45, 2.75) is 40.2 Å². The molecule has 0 fully saturated rings. The average molecular weight is 192 g/mol. The summed E-state index contributed by atoms with van der Waals surface area (Å²) >= 11 is 0. The summed E-state index contributed by atoms with van der Waals surface area (Å²) in [5.74, 6) is 0.732. The first-order valence-corrected chi connectivity index (χ1v) is 5.26. The molecule has 0 aliphatic rings. The summed E-state index contributed by atoms with van der Waals surface area (Å²) < 4.78 is 0. The quantitative estimate of drug-likeness (QED) is 0.792. The van der Waals surface area contributed by atoms with Gasteiger partial charge in [-0.1, -0.05) is 13.8 Å². The van der Waals surface area contributed by atoms with Crippen LogP contribution in [-0.2, 0) is 0 Å². The van der Waals surface area contributed by atoms with Gasteiger partial charge in [-0.3, -0.25) is 4.98 Å². The Bertz CT molecular complexity index is 281. The van der Waals surface area contributed by atoms with Crippen LogP contribution >= 0.6 is 0 Å². The molecule has 1 N–H and O–H groups in total. The Morgan fingerprint density at radius 3 is 2.57 bits per heavy atom. The Balaban J connectivity index is 2.51. The summed E-state index contributed by atoms with van der Waals surface area (Å²) in [5.41, 5.74) is 2.32. The van der Waals surface area contributed by atoms with Gasteiger partial charge in [0.05, 0.1) is 5.69 Å². The summed E-state index contributed by atoms with van der Waals surface area (Å²) in [6.07, 6.45) is 4.94. The van der Waals surface area contributed by atoms with Crippen molar-refractivity contribution in [1.82, 2.24) is 4.98 Å². The molecular formula is C12H20N2. The van der Waals surface area contributed by atoms with Crippen molar-refractivity contribution in [1.29, 1.82) is 0 Å². The third kappa shape index (κ3) is 3.77. The summed E-state index contributed by atoms with van der Waals surface area (Å²) in [6, 6.07) is 2.64. The van der Waals surface area contributed by atoms with E-state index in [2.05, 4.69) is 44.1 Å². The van der Waals surface area contributed by atoms with Crippen molar-refractivity contribution in [3.05, 3.63) is 24.0 Å². The fourth-order valence-electron chi connectivity index (χ4n) is 1.68. The van der Waals surface area contributed by atoms with Crippen LogP contribution in [0.2, 0.25) is 0 Å². The monoisotopic (exact) mass is 192 g/mol. The lowest BCUT2D eigenvalue weighted by Gasteiger charge is -2.17. The lowest BCUT2D eigenvalue weighted by Crippen LogP contribution is -2.17. The Labute approximate surface area is 86.8 Å². The fourth-order valence-corrected chi connectivity index (χ4v) is 1.68. The molecule has 0 radical (unpaired) electrons. The SMILES string of the molecule is Cc1cncc(NC(C)CC(C)C)c1. The minimum absolute atomic E-state index is 0.513. The first-order valence-electron chi connectivity index (χ1n) is 5.26. The number of aryl methyl sites for hydroxylation is 1. The second-order valence-corrected chi connectivity index (χ2v) is 4.43. The fraction of sp³-hybridized carbons (Fsp3) is 0.583. The van der Waals surface area contributed by atoms with Gasteiger partial charge < -0.3 is 5.32 Å². The van der Waals surface area contributed by atoms with Crippen LogP contribution in [0.1, 0.15) is 32.8 Å². The van der Waals surface area contributed by atoms with Crippen molar-refractivity contribution in [3.8, 4) is 0 Å². The molecule has 1 aromatic rings. The van der Waals surface area contributed by atoms with Gasteiger partial charge >= 0.3 is 0 Å². The second kappa shape index (κ2) is 4.99. The molecule has 1 aromatic heterocycles. The van der Waals surface area contributed by atoms with Crippen LogP contribution in [0.4, 0.5) is 5.69 Å². The smallest absolute Gasteiger partial charge is 0.0531 e. The predicted octanol–water partition coefficient (Wildman–Crippen LogP) is 3.24. The zero-order valence-corrected chi connectivity index (χ0v) is 9.54. The average Bonchev–Trinajstić information content (AvgIpc) is 2.01. The number of nitrogens with one attached hydrogen (secondary N) is 1. The molecule has 0 saturated carbocycles. The minimum Gasteiger partial charge on any atom is -0.381 e. The van der Waals surface area contributed by atoms with E-state index in [4.69, 9.17) is 0 Å². The van der Waals surface area contributed by atoms with Gasteiger partial charge in [0, 0.05) is 18.4 Å². The normalized spacial score (nSPS) is 12.9. The molecule has 1 atom stereocenters. The predicted molar refractivity (Wildman–Crippen MR) is 61.5 cm³/mol. The van der Waals surface area contributed by atoms with E-state index in [1.54, 1.807) is 0 Å². The van der Waals surface area contributed by atoms with Gasteiger partial charge in [-0.25, -0.2) is 0 Å².